The smallest absolute Gasteiger partial charge is 0.338 e. The van der Waals surface area contributed by atoms with Crippen molar-refractivity contribution < 1.29 is 23.9 Å². The molecule has 1 aliphatic rings. The van der Waals surface area contributed by atoms with Gasteiger partial charge in [0, 0.05) is 11.3 Å². The van der Waals surface area contributed by atoms with Crippen molar-refractivity contribution in [3.05, 3.63) is 75.7 Å². The highest BCUT2D eigenvalue weighted by molar-refractivity contribution is 8.18. The average Bonchev–Trinajstić information content (AvgIpc) is 3.42. The summed E-state index contributed by atoms with van der Waals surface area (Å²) >= 11 is 3.45. The molecule has 0 radical (unpaired) electrons. The number of imide groups is 1. The summed E-state index contributed by atoms with van der Waals surface area (Å²) in [5.41, 5.74) is 2.39. The predicted octanol–water partition coefficient (Wildman–Crippen LogP) is 4.19. The minimum Gasteiger partial charge on any atom is -0.465 e. The van der Waals surface area contributed by atoms with Gasteiger partial charge in [0.2, 0.25) is 5.13 Å². The number of hydrogen-bond donors (Lipinski definition) is 2. The molecular formula is C22H16N4O5S3. The summed E-state index contributed by atoms with van der Waals surface area (Å²) in [6.45, 7) is 0. The Balaban J connectivity index is 1.36. The van der Waals surface area contributed by atoms with Gasteiger partial charge in [-0.15, -0.1) is 10.2 Å². The summed E-state index contributed by atoms with van der Waals surface area (Å²) in [4.78, 5) is 47.6. The molecule has 0 saturated carbocycles. The van der Waals surface area contributed by atoms with Gasteiger partial charge in [-0.05, 0) is 47.2 Å². The van der Waals surface area contributed by atoms with Crippen LogP contribution in [0.2, 0.25) is 0 Å². The summed E-state index contributed by atoms with van der Waals surface area (Å²) in [5, 5.41) is 12.9. The van der Waals surface area contributed by atoms with Gasteiger partial charge in [-0.2, -0.15) is 0 Å². The monoisotopic (exact) mass is 512 g/mol. The van der Waals surface area contributed by atoms with Crippen molar-refractivity contribution in [3.8, 4) is 0 Å². The SMILES string of the molecule is COC(=O)c1ccccc1CSc1nnc(NC(=O)c2ccc(/C=C3/SC(=O)NC3=O)cc2)s1. The van der Waals surface area contributed by atoms with Crippen molar-refractivity contribution in [3.63, 3.8) is 0 Å². The van der Waals surface area contributed by atoms with Crippen LogP contribution >= 0.6 is 34.9 Å². The summed E-state index contributed by atoms with van der Waals surface area (Å²) in [6, 6.07) is 13.7. The maximum Gasteiger partial charge on any atom is 0.338 e. The number of hydrogen-bond acceptors (Lipinski definition) is 10. The van der Waals surface area contributed by atoms with Crippen molar-refractivity contribution in [1.82, 2.24) is 15.5 Å². The van der Waals surface area contributed by atoms with E-state index >= 15 is 0 Å². The third-order valence-electron chi connectivity index (χ3n) is 4.51. The molecule has 34 heavy (non-hydrogen) atoms. The van der Waals surface area contributed by atoms with Crippen LogP contribution in [-0.2, 0) is 15.3 Å². The molecule has 1 aromatic heterocycles. The lowest BCUT2D eigenvalue weighted by Crippen LogP contribution is -2.17. The van der Waals surface area contributed by atoms with Crippen LogP contribution in [-0.4, -0.2) is 40.3 Å². The fraction of sp³-hybridized carbons (Fsp3) is 0.0909. The third kappa shape index (κ3) is 5.71. The Morgan fingerprint density at radius 3 is 2.59 bits per heavy atom. The van der Waals surface area contributed by atoms with E-state index in [1.807, 2.05) is 12.1 Å². The lowest BCUT2D eigenvalue weighted by molar-refractivity contribution is -0.115. The first-order chi connectivity index (χ1) is 16.4. The van der Waals surface area contributed by atoms with Gasteiger partial charge in [-0.3, -0.25) is 25.0 Å². The van der Waals surface area contributed by atoms with Gasteiger partial charge in [0.25, 0.3) is 17.1 Å². The van der Waals surface area contributed by atoms with Crippen LogP contribution in [0.5, 0.6) is 0 Å². The highest BCUT2D eigenvalue weighted by Gasteiger charge is 2.25. The largest absolute Gasteiger partial charge is 0.465 e. The molecule has 2 N–H and O–H groups in total. The third-order valence-corrected chi connectivity index (χ3v) is 7.34. The van der Waals surface area contributed by atoms with Crippen LogP contribution in [0.15, 0.2) is 57.8 Å². The molecule has 9 nitrogen and oxygen atoms in total. The molecule has 3 amide bonds. The van der Waals surface area contributed by atoms with Crippen LogP contribution < -0.4 is 10.6 Å². The Hall–Kier alpha value is -3.48. The maximum atomic E-state index is 12.5. The topological polar surface area (TPSA) is 127 Å². The van der Waals surface area contributed by atoms with Gasteiger partial charge in [0.05, 0.1) is 17.6 Å². The fourth-order valence-corrected chi connectivity index (χ4v) is 5.32. The minimum absolute atomic E-state index is 0.301. The molecule has 2 aromatic carbocycles. The van der Waals surface area contributed by atoms with Gasteiger partial charge in [0.1, 0.15) is 0 Å². The van der Waals surface area contributed by atoms with E-state index in [0.29, 0.717) is 36.8 Å². The standard InChI is InChI=1S/C22H16N4O5S3/c1-31-19(29)15-5-3-2-4-14(15)11-32-22-26-25-20(34-22)23-17(27)13-8-6-12(7-9-13)10-16-18(28)24-21(30)33-16/h2-10H,11H2,1H3,(H,23,25,27)(H,24,28,30)/b16-10+. The first-order valence-corrected chi connectivity index (χ1v) is 12.3. The van der Waals surface area contributed by atoms with Crippen LogP contribution in [0.25, 0.3) is 6.08 Å². The van der Waals surface area contributed by atoms with Gasteiger partial charge >= 0.3 is 5.97 Å². The lowest BCUT2D eigenvalue weighted by Gasteiger charge is -2.05. The van der Waals surface area contributed by atoms with Gasteiger partial charge in [-0.1, -0.05) is 53.4 Å². The van der Waals surface area contributed by atoms with E-state index in [2.05, 4.69) is 20.8 Å². The fourth-order valence-electron chi connectivity index (χ4n) is 2.89. The Kier molecular flexibility index (Phi) is 7.40. The van der Waals surface area contributed by atoms with Crippen LogP contribution in [0.4, 0.5) is 9.93 Å². The number of benzene rings is 2. The molecule has 1 fully saturated rings. The molecule has 1 saturated heterocycles. The highest BCUT2D eigenvalue weighted by atomic mass is 32.2. The number of thioether (sulfide) groups is 2. The number of ether oxygens (including phenoxy) is 1. The Labute approximate surface area is 206 Å². The second-order valence-corrected chi connectivity index (χ2v) is 9.95. The normalized spacial score (nSPS) is 14.2. The number of esters is 1. The van der Waals surface area contributed by atoms with Crippen molar-refractivity contribution in [2.45, 2.75) is 10.1 Å². The minimum atomic E-state index is -0.435. The van der Waals surface area contributed by atoms with E-state index in [-0.39, 0.29) is 5.91 Å². The summed E-state index contributed by atoms with van der Waals surface area (Å²) < 4.78 is 5.45. The van der Waals surface area contributed by atoms with Crippen LogP contribution in [0.1, 0.15) is 31.8 Å². The molecule has 0 spiro atoms. The zero-order valence-corrected chi connectivity index (χ0v) is 20.0. The molecule has 0 aliphatic carbocycles. The number of methoxy groups -OCH3 is 1. The number of rotatable bonds is 7. The Morgan fingerprint density at radius 1 is 1.12 bits per heavy atom. The van der Waals surface area contributed by atoms with E-state index in [4.69, 9.17) is 4.74 Å². The lowest BCUT2D eigenvalue weighted by atomic mass is 10.1. The average molecular weight is 513 g/mol. The van der Waals surface area contributed by atoms with Crippen molar-refractivity contribution in [2.24, 2.45) is 0 Å². The number of carbonyl (C=O) groups excluding carboxylic acids is 4. The number of amides is 3. The van der Waals surface area contributed by atoms with E-state index < -0.39 is 17.1 Å². The van der Waals surface area contributed by atoms with Crippen LogP contribution in [0.3, 0.4) is 0 Å². The van der Waals surface area contributed by atoms with Gasteiger partial charge < -0.3 is 4.74 Å². The quantitative estimate of drug-likeness (QED) is 0.207. The molecule has 2 heterocycles. The van der Waals surface area contributed by atoms with Crippen molar-refractivity contribution in [2.75, 3.05) is 12.4 Å². The number of anilines is 1. The zero-order valence-electron chi connectivity index (χ0n) is 17.6. The summed E-state index contributed by atoms with van der Waals surface area (Å²) in [6.07, 6.45) is 1.58. The zero-order chi connectivity index (χ0) is 24.1. The molecule has 3 aromatic rings. The molecule has 0 bridgehead atoms. The van der Waals surface area contributed by atoms with Gasteiger partial charge in [0.15, 0.2) is 4.34 Å². The van der Waals surface area contributed by atoms with Crippen molar-refractivity contribution >= 4 is 69.1 Å². The second kappa shape index (κ2) is 10.6. The molecule has 1 aliphatic heterocycles. The molecule has 172 valence electrons. The molecule has 4 rings (SSSR count). The summed E-state index contributed by atoms with van der Waals surface area (Å²) in [5.74, 6) is -0.698. The molecule has 0 unspecified atom stereocenters. The summed E-state index contributed by atoms with van der Waals surface area (Å²) in [7, 11) is 1.34. The molecule has 12 heteroatoms. The first kappa shape index (κ1) is 23.7. The number of nitrogens with zero attached hydrogens (tertiary/aromatic N) is 2. The van der Waals surface area contributed by atoms with Gasteiger partial charge in [-0.25, -0.2) is 4.79 Å². The second-order valence-electron chi connectivity index (χ2n) is 6.74. The van der Waals surface area contributed by atoms with Crippen molar-refractivity contribution in [1.29, 1.82) is 0 Å². The number of nitrogens with one attached hydrogen (secondary N) is 2. The highest BCUT2D eigenvalue weighted by Crippen LogP contribution is 2.30. The Bertz CT molecular complexity index is 1300. The van der Waals surface area contributed by atoms with E-state index in [0.717, 1.165) is 17.3 Å². The van der Waals surface area contributed by atoms with E-state index in [1.54, 1.807) is 42.5 Å². The maximum absolute atomic E-state index is 12.5. The van der Waals surface area contributed by atoms with Crippen LogP contribution in [0, 0.1) is 0 Å². The first-order valence-electron chi connectivity index (χ1n) is 9.71. The van der Waals surface area contributed by atoms with E-state index in [1.165, 1.54) is 30.2 Å². The number of carbonyl (C=O) groups is 4. The number of aromatic nitrogens is 2. The molecule has 0 atom stereocenters. The van der Waals surface area contributed by atoms with E-state index in [9.17, 15) is 19.2 Å². The predicted molar refractivity (Wildman–Crippen MR) is 131 cm³/mol. The Morgan fingerprint density at radius 2 is 1.88 bits per heavy atom. The molecular weight excluding hydrogens is 496 g/mol.